The summed E-state index contributed by atoms with van der Waals surface area (Å²) in [6.45, 7) is 6.11. The zero-order valence-corrected chi connectivity index (χ0v) is 18.5. The van der Waals surface area contributed by atoms with Crippen LogP contribution in [0.1, 0.15) is 82.8 Å². The van der Waals surface area contributed by atoms with Crippen LogP contribution in [0.5, 0.6) is 11.5 Å². The lowest BCUT2D eigenvalue weighted by atomic mass is 9.85. The van der Waals surface area contributed by atoms with E-state index in [4.69, 9.17) is 9.47 Å². The van der Waals surface area contributed by atoms with Crippen molar-refractivity contribution in [2.24, 2.45) is 0 Å². The molecule has 0 atom stereocenters. The number of hydrogen-bond donors (Lipinski definition) is 0. The minimum Gasteiger partial charge on any atom is -0.494 e. The average molecular weight is 395 g/mol. The molecule has 0 heterocycles. The van der Waals surface area contributed by atoms with Crippen LogP contribution in [0.2, 0.25) is 0 Å². The first-order chi connectivity index (χ1) is 14.3. The van der Waals surface area contributed by atoms with Gasteiger partial charge in [-0.05, 0) is 60.6 Å². The van der Waals surface area contributed by atoms with Gasteiger partial charge in [-0.25, -0.2) is 0 Å². The molecule has 0 aliphatic heterocycles. The highest BCUT2D eigenvalue weighted by atomic mass is 16.5. The van der Waals surface area contributed by atoms with Gasteiger partial charge in [0.2, 0.25) is 0 Å². The van der Waals surface area contributed by atoms with Gasteiger partial charge in [-0.1, -0.05) is 77.0 Å². The quantitative estimate of drug-likeness (QED) is 0.323. The van der Waals surface area contributed by atoms with E-state index in [1.807, 2.05) is 0 Å². The Hall–Kier alpha value is -1.96. The van der Waals surface area contributed by atoms with Crippen LogP contribution in [0.15, 0.2) is 36.4 Å². The van der Waals surface area contributed by atoms with Crippen molar-refractivity contribution in [2.75, 3.05) is 13.2 Å². The van der Waals surface area contributed by atoms with Crippen LogP contribution in [0, 0.1) is 0 Å². The smallest absolute Gasteiger partial charge is 0.123 e. The Morgan fingerprint density at radius 3 is 2.28 bits per heavy atom. The number of rotatable bonds is 13. The predicted molar refractivity (Wildman–Crippen MR) is 123 cm³/mol. The molecule has 3 rings (SSSR count). The van der Waals surface area contributed by atoms with E-state index >= 15 is 0 Å². The van der Waals surface area contributed by atoms with Gasteiger partial charge in [-0.2, -0.15) is 0 Å². The van der Waals surface area contributed by atoms with E-state index in [1.54, 1.807) is 0 Å². The van der Waals surface area contributed by atoms with Crippen molar-refractivity contribution in [3.8, 4) is 22.6 Å². The molecule has 1 aliphatic carbocycles. The van der Waals surface area contributed by atoms with E-state index in [-0.39, 0.29) is 0 Å². The Kier molecular flexibility index (Phi) is 8.92. The Balaban J connectivity index is 1.54. The van der Waals surface area contributed by atoms with Crippen molar-refractivity contribution in [1.82, 2.24) is 0 Å². The highest BCUT2D eigenvalue weighted by Crippen LogP contribution is 2.39. The molecule has 158 valence electrons. The van der Waals surface area contributed by atoms with Crippen LogP contribution in [0.25, 0.3) is 11.1 Å². The standard InChI is InChI=1S/C27H38O2/c1-3-5-7-8-9-10-11-20-28-23-16-18-24-22(21-23)15-17-26-25(24)13-12-14-27(26)29-19-6-4-2/h12-14,16,18,21H,3-11,15,17,19-20H2,1-2H3. The first-order valence-corrected chi connectivity index (χ1v) is 11.8. The Morgan fingerprint density at radius 2 is 1.45 bits per heavy atom. The van der Waals surface area contributed by atoms with Crippen LogP contribution in [0.4, 0.5) is 0 Å². The van der Waals surface area contributed by atoms with E-state index in [9.17, 15) is 0 Å². The van der Waals surface area contributed by atoms with Crippen LogP contribution in [-0.4, -0.2) is 13.2 Å². The van der Waals surface area contributed by atoms with Gasteiger partial charge in [0, 0.05) is 5.56 Å². The van der Waals surface area contributed by atoms with Crippen molar-refractivity contribution < 1.29 is 9.47 Å². The summed E-state index contributed by atoms with van der Waals surface area (Å²) in [6.07, 6.45) is 13.6. The molecule has 2 heteroatoms. The first-order valence-electron chi connectivity index (χ1n) is 11.8. The summed E-state index contributed by atoms with van der Waals surface area (Å²) < 4.78 is 12.1. The largest absolute Gasteiger partial charge is 0.494 e. The van der Waals surface area contributed by atoms with Crippen molar-refractivity contribution in [2.45, 2.75) is 84.5 Å². The minimum atomic E-state index is 0.811. The summed E-state index contributed by atoms with van der Waals surface area (Å²) in [7, 11) is 0. The monoisotopic (exact) mass is 394 g/mol. The van der Waals surface area contributed by atoms with Gasteiger partial charge >= 0.3 is 0 Å². The third kappa shape index (κ3) is 6.26. The molecule has 29 heavy (non-hydrogen) atoms. The van der Waals surface area contributed by atoms with Crippen molar-refractivity contribution in [1.29, 1.82) is 0 Å². The Morgan fingerprint density at radius 1 is 0.690 bits per heavy atom. The maximum atomic E-state index is 6.07. The summed E-state index contributed by atoms with van der Waals surface area (Å²) in [5.74, 6) is 2.09. The molecular formula is C27H38O2. The third-order valence-corrected chi connectivity index (χ3v) is 5.92. The molecule has 0 bridgehead atoms. The second-order valence-electron chi connectivity index (χ2n) is 8.27. The molecule has 0 spiro atoms. The highest BCUT2D eigenvalue weighted by molar-refractivity contribution is 5.76. The molecule has 2 nitrogen and oxygen atoms in total. The van der Waals surface area contributed by atoms with Crippen molar-refractivity contribution in [3.05, 3.63) is 47.5 Å². The van der Waals surface area contributed by atoms with Crippen molar-refractivity contribution in [3.63, 3.8) is 0 Å². The molecule has 0 radical (unpaired) electrons. The summed E-state index contributed by atoms with van der Waals surface area (Å²) in [4.78, 5) is 0. The average Bonchev–Trinajstić information content (AvgIpc) is 2.75. The zero-order valence-electron chi connectivity index (χ0n) is 18.5. The zero-order chi connectivity index (χ0) is 20.3. The lowest BCUT2D eigenvalue weighted by molar-refractivity contribution is 0.304. The second-order valence-corrected chi connectivity index (χ2v) is 8.27. The first kappa shape index (κ1) is 21.7. The molecular weight excluding hydrogens is 356 g/mol. The van der Waals surface area contributed by atoms with E-state index in [2.05, 4.69) is 50.2 Å². The summed E-state index contributed by atoms with van der Waals surface area (Å²) in [5.41, 5.74) is 5.45. The maximum Gasteiger partial charge on any atom is 0.123 e. The molecule has 0 fully saturated rings. The Labute approximate surface area is 177 Å². The topological polar surface area (TPSA) is 18.5 Å². The van der Waals surface area contributed by atoms with Crippen LogP contribution in [-0.2, 0) is 12.8 Å². The predicted octanol–water partition coefficient (Wildman–Crippen LogP) is 7.76. The summed E-state index contributed by atoms with van der Waals surface area (Å²) in [5, 5.41) is 0. The van der Waals surface area contributed by atoms with Gasteiger partial charge in [0.25, 0.3) is 0 Å². The van der Waals surface area contributed by atoms with Crippen LogP contribution >= 0.6 is 0 Å². The lowest BCUT2D eigenvalue weighted by Crippen LogP contribution is -2.08. The highest BCUT2D eigenvalue weighted by Gasteiger charge is 2.19. The maximum absolute atomic E-state index is 6.07. The molecule has 0 amide bonds. The lowest BCUT2D eigenvalue weighted by Gasteiger charge is -2.23. The second kappa shape index (κ2) is 11.9. The van der Waals surface area contributed by atoms with Crippen LogP contribution in [0.3, 0.4) is 0 Å². The van der Waals surface area contributed by atoms with Gasteiger partial charge in [0.15, 0.2) is 0 Å². The van der Waals surface area contributed by atoms with Gasteiger partial charge in [0.1, 0.15) is 11.5 Å². The minimum absolute atomic E-state index is 0.811. The van der Waals surface area contributed by atoms with Crippen LogP contribution < -0.4 is 9.47 Å². The Bertz CT molecular complexity index is 750. The summed E-state index contributed by atoms with van der Waals surface area (Å²) in [6, 6.07) is 13.1. The number of hydrogen-bond acceptors (Lipinski definition) is 2. The van der Waals surface area contributed by atoms with Gasteiger partial charge in [-0.3, -0.25) is 0 Å². The van der Waals surface area contributed by atoms with E-state index < -0.39 is 0 Å². The number of benzene rings is 2. The molecule has 1 aliphatic rings. The van der Waals surface area contributed by atoms with Gasteiger partial charge < -0.3 is 9.47 Å². The normalized spacial score (nSPS) is 12.3. The van der Waals surface area contributed by atoms with E-state index in [0.29, 0.717) is 0 Å². The SMILES string of the molecule is CCCCCCCCCOc1ccc2c(c1)CCc1c(OCCCC)cccc1-2. The fraction of sp³-hybridized carbons (Fsp3) is 0.556. The fourth-order valence-electron chi connectivity index (χ4n) is 4.18. The molecule has 0 saturated carbocycles. The van der Waals surface area contributed by atoms with Gasteiger partial charge in [0.05, 0.1) is 13.2 Å². The molecule has 2 aromatic rings. The number of ether oxygens (including phenoxy) is 2. The molecule has 0 saturated heterocycles. The number of unbranched alkanes of at least 4 members (excludes halogenated alkanes) is 7. The van der Waals surface area contributed by atoms with E-state index in [1.165, 1.54) is 67.2 Å². The van der Waals surface area contributed by atoms with Crippen molar-refractivity contribution >= 4 is 0 Å². The van der Waals surface area contributed by atoms with Gasteiger partial charge in [-0.15, -0.1) is 0 Å². The molecule has 0 aromatic heterocycles. The molecule has 2 aromatic carbocycles. The summed E-state index contributed by atoms with van der Waals surface area (Å²) >= 11 is 0. The van der Waals surface area contributed by atoms with E-state index in [0.717, 1.165) is 50.4 Å². The fourth-order valence-corrected chi connectivity index (χ4v) is 4.18. The third-order valence-electron chi connectivity index (χ3n) is 5.92. The molecule has 0 unspecified atom stereocenters. The number of aryl methyl sites for hydroxylation is 1. The molecule has 0 N–H and O–H groups in total. The number of fused-ring (bicyclic) bond motifs is 3.